The Morgan fingerprint density at radius 1 is 1.20 bits per heavy atom. The van der Waals surface area contributed by atoms with Crippen molar-refractivity contribution in [2.45, 2.75) is 26.4 Å². The number of rotatable bonds is 9. The predicted octanol–water partition coefficient (Wildman–Crippen LogP) is 3.90. The molecule has 0 aliphatic heterocycles. The van der Waals surface area contributed by atoms with Crippen molar-refractivity contribution in [1.82, 2.24) is 9.97 Å². The Kier molecular flexibility index (Phi) is 7.15. The maximum absolute atomic E-state index is 13.7. The molecule has 0 saturated carbocycles. The molecule has 0 aliphatic rings. The highest BCUT2D eigenvalue weighted by Crippen LogP contribution is 2.28. The summed E-state index contributed by atoms with van der Waals surface area (Å²) in [6, 6.07) is 13.2. The lowest BCUT2D eigenvalue weighted by Gasteiger charge is -2.11. The van der Waals surface area contributed by atoms with Crippen LogP contribution in [0.2, 0.25) is 0 Å². The van der Waals surface area contributed by atoms with Crippen molar-refractivity contribution in [3.8, 4) is 11.5 Å². The van der Waals surface area contributed by atoms with Gasteiger partial charge in [-0.2, -0.15) is 5.10 Å². The number of aromatic amines is 1. The monoisotopic (exact) mass is 410 g/mol. The number of hydrazone groups is 1. The van der Waals surface area contributed by atoms with Crippen LogP contribution in [0, 0.1) is 5.82 Å². The van der Waals surface area contributed by atoms with E-state index >= 15 is 0 Å². The van der Waals surface area contributed by atoms with Gasteiger partial charge in [0.2, 0.25) is 5.95 Å². The first-order valence-electron chi connectivity index (χ1n) is 9.52. The molecule has 3 rings (SSSR count). The van der Waals surface area contributed by atoms with Crippen LogP contribution in [0.4, 0.5) is 10.3 Å². The van der Waals surface area contributed by atoms with Gasteiger partial charge in [0.05, 0.1) is 13.3 Å². The largest absolute Gasteiger partial charge is 0.493 e. The fraction of sp³-hybridized carbons (Fsp3) is 0.227. The number of aryl methyl sites for hydroxylation is 1. The van der Waals surface area contributed by atoms with Crippen molar-refractivity contribution in [2.75, 3.05) is 12.5 Å². The van der Waals surface area contributed by atoms with E-state index in [4.69, 9.17) is 9.47 Å². The zero-order chi connectivity index (χ0) is 21.3. The molecule has 0 radical (unpaired) electrons. The highest BCUT2D eigenvalue weighted by atomic mass is 19.1. The van der Waals surface area contributed by atoms with Crippen LogP contribution in [0.1, 0.15) is 30.2 Å². The summed E-state index contributed by atoms with van der Waals surface area (Å²) in [6.07, 6.45) is 3.17. The van der Waals surface area contributed by atoms with Crippen LogP contribution in [0.25, 0.3) is 0 Å². The van der Waals surface area contributed by atoms with Gasteiger partial charge in [-0.05, 0) is 36.2 Å². The second kappa shape index (κ2) is 10.2. The normalized spacial score (nSPS) is 10.9. The van der Waals surface area contributed by atoms with Gasteiger partial charge >= 0.3 is 0 Å². The average molecular weight is 410 g/mol. The molecule has 156 valence electrons. The first kappa shape index (κ1) is 21.0. The van der Waals surface area contributed by atoms with E-state index < -0.39 is 0 Å². The van der Waals surface area contributed by atoms with Crippen LogP contribution < -0.4 is 20.5 Å². The average Bonchev–Trinajstić information content (AvgIpc) is 2.73. The molecule has 0 fully saturated rings. The van der Waals surface area contributed by atoms with Gasteiger partial charge in [-0.3, -0.25) is 9.78 Å². The number of halogens is 1. The zero-order valence-corrected chi connectivity index (χ0v) is 16.8. The van der Waals surface area contributed by atoms with Crippen LogP contribution in [0.5, 0.6) is 11.5 Å². The van der Waals surface area contributed by atoms with Gasteiger partial charge in [-0.25, -0.2) is 14.8 Å². The van der Waals surface area contributed by atoms with E-state index in [1.807, 2.05) is 6.92 Å². The molecule has 1 heterocycles. The SMILES string of the molecule is CCCc1cc(=O)[nH]c(N/N=C\c2ccc(OCc3ccccc3F)c(OC)c2)n1. The van der Waals surface area contributed by atoms with Crippen molar-refractivity contribution in [1.29, 1.82) is 0 Å². The Bertz CT molecular complexity index is 1080. The Balaban J connectivity index is 1.67. The highest BCUT2D eigenvalue weighted by molar-refractivity contribution is 5.81. The molecule has 2 N–H and O–H groups in total. The molecule has 0 unspecified atom stereocenters. The lowest BCUT2D eigenvalue weighted by atomic mass is 10.2. The number of H-pyrrole nitrogens is 1. The number of nitrogens with zero attached hydrogens (tertiary/aromatic N) is 2. The van der Waals surface area contributed by atoms with E-state index in [9.17, 15) is 9.18 Å². The number of hydrogen-bond donors (Lipinski definition) is 2. The fourth-order valence-electron chi connectivity index (χ4n) is 2.77. The Morgan fingerprint density at radius 3 is 2.80 bits per heavy atom. The molecule has 2 aromatic carbocycles. The van der Waals surface area contributed by atoms with Gasteiger partial charge in [0.1, 0.15) is 12.4 Å². The summed E-state index contributed by atoms with van der Waals surface area (Å²) in [4.78, 5) is 18.6. The number of anilines is 1. The lowest BCUT2D eigenvalue weighted by molar-refractivity contribution is 0.279. The number of nitrogens with one attached hydrogen (secondary N) is 2. The summed E-state index contributed by atoms with van der Waals surface area (Å²) in [5.74, 6) is 0.941. The molecule has 0 saturated heterocycles. The summed E-state index contributed by atoms with van der Waals surface area (Å²) >= 11 is 0. The van der Waals surface area contributed by atoms with E-state index in [-0.39, 0.29) is 23.9 Å². The lowest BCUT2D eigenvalue weighted by Crippen LogP contribution is -2.12. The second-order valence-corrected chi connectivity index (χ2v) is 6.50. The molecule has 0 bridgehead atoms. The van der Waals surface area contributed by atoms with Crippen molar-refractivity contribution in [3.63, 3.8) is 0 Å². The fourth-order valence-corrected chi connectivity index (χ4v) is 2.77. The van der Waals surface area contributed by atoms with E-state index in [1.54, 1.807) is 42.6 Å². The second-order valence-electron chi connectivity index (χ2n) is 6.50. The van der Waals surface area contributed by atoms with Gasteiger partial charge < -0.3 is 9.47 Å². The quantitative estimate of drug-likeness (QED) is 0.413. The molecule has 7 nitrogen and oxygen atoms in total. The van der Waals surface area contributed by atoms with Crippen LogP contribution in [-0.2, 0) is 13.0 Å². The molecule has 30 heavy (non-hydrogen) atoms. The molecule has 0 atom stereocenters. The molecule has 3 aromatic rings. The van der Waals surface area contributed by atoms with E-state index in [0.717, 1.165) is 12.0 Å². The minimum absolute atomic E-state index is 0.0885. The van der Waals surface area contributed by atoms with E-state index in [0.29, 0.717) is 29.2 Å². The van der Waals surface area contributed by atoms with Gasteiger partial charge in [0, 0.05) is 17.3 Å². The van der Waals surface area contributed by atoms with Crippen molar-refractivity contribution in [3.05, 3.63) is 81.5 Å². The zero-order valence-electron chi connectivity index (χ0n) is 16.8. The topological polar surface area (TPSA) is 88.6 Å². The minimum atomic E-state index is -0.319. The molecule has 8 heteroatoms. The minimum Gasteiger partial charge on any atom is -0.493 e. The van der Waals surface area contributed by atoms with Crippen LogP contribution in [-0.4, -0.2) is 23.3 Å². The predicted molar refractivity (Wildman–Crippen MR) is 114 cm³/mol. The summed E-state index contributed by atoms with van der Waals surface area (Å²) in [7, 11) is 1.53. The van der Waals surface area contributed by atoms with Gasteiger partial charge in [-0.15, -0.1) is 0 Å². The molecular weight excluding hydrogens is 387 g/mol. The third kappa shape index (κ3) is 5.66. The van der Waals surface area contributed by atoms with E-state index in [2.05, 4.69) is 20.5 Å². The van der Waals surface area contributed by atoms with Crippen molar-refractivity contribution in [2.24, 2.45) is 5.10 Å². The number of methoxy groups -OCH3 is 1. The highest BCUT2D eigenvalue weighted by Gasteiger charge is 2.08. The van der Waals surface area contributed by atoms with Gasteiger partial charge in [0.25, 0.3) is 5.56 Å². The molecule has 0 amide bonds. The van der Waals surface area contributed by atoms with Crippen LogP contribution in [0.3, 0.4) is 0 Å². The summed E-state index contributed by atoms with van der Waals surface area (Å²) in [5, 5.41) is 4.11. The Morgan fingerprint density at radius 2 is 2.03 bits per heavy atom. The first-order chi connectivity index (χ1) is 14.6. The van der Waals surface area contributed by atoms with Crippen LogP contribution >= 0.6 is 0 Å². The molecule has 0 aliphatic carbocycles. The third-order valence-electron chi connectivity index (χ3n) is 4.21. The van der Waals surface area contributed by atoms with Gasteiger partial charge in [-0.1, -0.05) is 31.5 Å². The third-order valence-corrected chi connectivity index (χ3v) is 4.21. The Labute approximate surface area is 173 Å². The van der Waals surface area contributed by atoms with Crippen molar-refractivity contribution >= 4 is 12.2 Å². The van der Waals surface area contributed by atoms with Crippen molar-refractivity contribution < 1.29 is 13.9 Å². The smallest absolute Gasteiger partial charge is 0.252 e. The molecular formula is C22H23FN4O3. The summed E-state index contributed by atoms with van der Waals surface area (Å²) in [5.41, 5.74) is 4.40. The van der Waals surface area contributed by atoms with Crippen LogP contribution in [0.15, 0.2) is 58.4 Å². The number of benzene rings is 2. The first-order valence-corrected chi connectivity index (χ1v) is 9.52. The maximum Gasteiger partial charge on any atom is 0.252 e. The van der Waals surface area contributed by atoms with E-state index in [1.165, 1.54) is 19.2 Å². The summed E-state index contributed by atoms with van der Waals surface area (Å²) in [6.45, 7) is 2.11. The maximum atomic E-state index is 13.7. The number of hydrogen-bond acceptors (Lipinski definition) is 6. The Hall–Kier alpha value is -3.68. The summed E-state index contributed by atoms with van der Waals surface area (Å²) < 4.78 is 24.8. The molecule has 0 spiro atoms. The number of aromatic nitrogens is 2. The molecule has 1 aromatic heterocycles. The van der Waals surface area contributed by atoms with Gasteiger partial charge in [0.15, 0.2) is 11.5 Å². The number of ether oxygens (including phenoxy) is 2. The standard InChI is InChI=1S/C22H23FN4O3/c1-3-6-17-12-21(28)26-22(25-17)27-24-13-15-9-10-19(20(11-15)29-2)30-14-16-7-4-5-8-18(16)23/h4-5,7-13H,3,6,14H2,1-2H3,(H2,25,26,27,28)/b24-13-.